The molecule has 0 atom stereocenters. The van der Waals surface area contributed by atoms with Crippen LogP contribution in [0.4, 0.5) is 10.3 Å². The number of benzene rings is 1. The summed E-state index contributed by atoms with van der Waals surface area (Å²) < 4.78 is 19.5. The smallest absolute Gasteiger partial charge is 0.222 e. The lowest BCUT2D eigenvalue weighted by Crippen LogP contribution is -2.40. The van der Waals surface area contributed by atoms with Crippen LogP contribution in [0.2, 0.25) is 0 Å². The highest BCUT2D eigenvalue weighted by Crippen LogP contribution is 2.36. The number of hydrogen-bond donors (Lipinski definition) is 1. The maximum atomic E-state index is 12.9. The van der Waals surface area contributed by atoms with E-state index in [9.17, 15) is 4.39 Å². The average molecular weight is 366 g/mol. The maximum absolute atomic E-state index is 12.9. The molecule has 0 amide bonds. The van der Waals surface area contributed by atoms with Crippen LogP contribution in [0.25, 0.3) is 0 Å². The third-order valence-electron chi connectivity index (χ3n) is 4.09. The van der Waals surface area contributed by atoms with Gasteiger partial charge in [0.25, 0.3) is 0 Å². The van der Waals surface area contributed by atoms with Gasteiger partial charge in [-0.3, -0.25) is 0 Å². The van der Waals surface area contributed by atoms with Gasteiger partial charge in [0.05, 0.1) is 12.4 Å². The molecule has 1 aliphatic heterocycles. The lowest BCUT2D eigenvalue weighted by molar-refractivity contribution is 0.0543. The molecule has 22 heavy (non-hydrogen) atoms. The standard InChI is InChI=1S/C16H17BrFN3O/c17-13-3-1-2-12(8-13)16(4-6-22-7-5-16)11-21-15-19-9-14(18)10-20-15/h1-3,8-10H,4-7,11H2,(H,19,20,21). The zero-order chi connectivity index (χ0) is 15.4. The van der Waals surface area contributed by atoms with Crippen molar-refractivity contribution in [3.05, 3.63) is 52.5 Å². The first-order valence-corrected chi connectivity index (χ1v) is 8.02. The number of nitrogens with zero attached hydrogens (tertiary/aromatic N) is 2. The SMILES string of the molecule is Fc1cnc(NCC2(c3cccc(Br)c3)CCOCC2)nc1. The van der Waals surface area contributed by atoms with E-state index in [0.717, 1.165) is 30.5 Å². The molecule has 1 aliphatic rings. The molecule has 0 radical (unpaired) electrons. The number of halogens is 2. The van der Waals surface area contributed by atoms with Crippen LogP contribution < -0.4 is 5.32 Å². The van der Waals surface area contributed by atoms with Crippen LogP contribution in [-0.4, -0.2) is 29.7 Å². The molecule has 2 heterocycles. The molecular formula is C16H17BrFN3O. The van der Waals surface area contributed by atoms with Gasteiger partial charge in [0.1, 0.15) is 0 Å². The van der Waals surface area contributed by atoms with Crippen molar-refractivity contribution < 1.29 is 9.13 Å². The predicted octanol–water partition coefficient (Wildman–Crippen LogP) is 3.54. The predicted molar refractivity (Wildman–Crippen MR) is 86.4 cm³/mol. The minimum Gasteiger partial charge on any atom is -0.381 e. The molecule has 0 aliphatic carbocycles. The van der Waals surface area contributed by atoms with Gasteiger partial charge in [-0.2, -0.15) is 0 Å². The normalized spacial score (nSPS) is 17.2. The van der Waals surface area contributed by atoms with Crippen LogP contribution in [-0.2, 0) is 10.2 Å². The van der Waals surface area contributed by atoms with E-state index in [4.69, 9.17) is 4.74 Å². The summed E-state index contributed by atoms with van der Waals surface area (Å²) in [6.45, 7) is 2.16. The summed E-state index contributed by atoms with van der Waals surface area (Å²) in [4.78, 5) is 7.93. The van der Waals surface area contributed by atoms with Gasteiger partial charge in [-0.25, -0.2) is 14.4 Å². The average Bonchev–Trinajstić information content (AvgIpc) is 2.55. The Morgan fingerprint density at radius 3 is 2.64 bits per heavy atom. The molecule has 0 spiro atoms. The molecule has 0 unspecified atom stereocenters. The second-order valence-corrected chi connectivity index (χ2v) is 6.40. The van der Waals surface area contributed by atoms with Crippen LogP contribution >= 0.6 is 15.9 Å². The van der Waals surface area contributed by atoms with Gasteiger partial charge < -0.3 is 10.1 Å². The van der Waals surface area contributed by atoms with Gasteiger partial charge in [-0.15, -0.1) is 0 Å². The zero-order valence-corrected chi connectivity index (χ0v) is 13.6. The second-order valence-electron chi connectivity index (χ2n) is 5.48. The number of rotatable bonds is 4. The summed E-state index contributed by atoms with van der Waals surface area (Å²) in [5, 5.41) is 3.24. The van der Waals surface area contributed by atoms with Gasteiger partial charge in [-0.05, 0) is 30.5 Å². The van der Waals surface area contributed by atoms with E-state index in [0.29, 0.717) is 12.5 Å². The van der Waals surface area contributed by atoms with Crippen molar-refractivity contribution in [1.29, 1.82) is 0 Å². The first kappa shape index (κ1) is 15.4. The van der Waals surface area contributed by atoms with Crippen molar-refractivity contribution in [1.82, 2.24) is 9.97 Å². The molecule has 2 aromatic rings. The number of hydrogen-bond acceptors (Lipinski definition) is 4. The Balaban J connectivity index is 1.81. The van der Waals surface area contributed by atoms with Crippen molar-refractivity contribution >= 4 is 21.9 Å². The zero-order valence-electron chi connectivity index (χ0n) is 12.1. The quantitative estimate of drug-likeness (QED) is 0.899. The Kier molecular flexibility index (Phi) is 4.69. The first-order valence-electron chi connectivity index (χ1n) is 7.23. The third-order valence-corrected chi connectivity index (χ3v) is 4.59. The number of ether oxygens (including phenoxy) is 1. The van der Waals surface area contributed by atoms with Crippen molar-refractivity contribution in [3.8, 4) is 0 Å². The molecule has 4 nitrogen and oxygen atoms in total. The molecular weight excluding hydrogens is 349 g/mol. The Morgan fingerprint density at radius 2 is 1.95 bits per heavy atom. The van der Waals surface area contributed by atoms with Gasteiger partial charge in [0.2, 0.25) is 5.95 Å². The Hall–Kier alpha value is -1.53. The Morgan fingerprint density at radius 1 is 1.23 bits per heavy atom. The molecule has 0 saturated carbocycles. The van der Waals surface area contributed by atoms with Gasteiger partial charge in [-0.1, -0.05) is 28.1 Å². The maximum Gasteiger partial charge on any atom is 0.222 e. The van der Waals surface area contributed by atoms with Crippen LogP contribution in [0.3, 0.4) is 0 Å². The van der Waals surface area contributed by atoms with E-state index in [1.54, 1.807) is 0 Å². The van der Waals surface area contributed by atoms with E-state index in [-0.39, 0.29) is 5.41 Å². The van der Waals surface area contributed by atoms with Crippen LogP contribution in [0.1, 0.15) is 18.4 Å². The van der Waals surface area contributed by atoms with Crippen molar-refractivity contribution in [2.75, 3.05) is 25.1 Å². The molecule has 1 saturated heterocycles. The van der Waals surface area contributed by atoms with E-state index in [1.807, 2.05) is 12.1 Å². The molecule has 3 rings (SSSR count). The summed E-state index contributed by atoms with van der Waals surface area (Å²) >= 11 is 3.54. The number of anilines is 1. The van der Waals surface area contributed by atoms with Crippen molar-refractivity contribution in [2.45, 2.75) is 18.3 Å². The summed E-state index contributed by atoms with van der Waals surface area (Å²) in [6.07, 6.45) is 4.20. The molecule has 116 valence electrons. The van der Waals surface area contributed by atoms with Crippen LogP contribution in [0.5, 0.6) is 0 Å². The summed E-state index contributed by atoms with van der Waals surface area (Å²) in [6, 6.07) is 8.36. The first-order chi connectivity index (χ1) is 10.7. The molecule has 1 N–H and O–H groups in total. The molecule has 6 heteroatoms. The lowest BCUT2D eigenvalue weighted by Gasteiger charge is -2.38. The third kappa shape index (κ3) is 3.44. The van der Waals surface area contributed by atoms with E-state index < -0.39 is 5.82 Å². The minimum absolute atomic E-state index is 0.0280. The molecule has 1 fully saturated rings. The van der Waals surface area contributed by atoms with E-state index in [1.165, 1.54) is 18.0 Å². The lowest BCUT2D eigenvalue weighted by atomic mass is 9.74. The number of aromatic nitrogens is 2. The number of nitrogens with one attached hydrogen (secondary N) is 1. The summed E-state index contributed by atoms with van der Waals surface area (Å²) in [7, 11) is 0. The highest BCUT2D eigenvalue weighted by molar-refractivity contribution is 9.10. The van der Waals surface area contributed by atoms with E-state index in [2.05, 4.69) is 43.3 Å². The molecule has 1 aromatic heterocycles. The fourth-order valence-corrected chi connectivity index (χ4v) is 3.20. The van der Waals surface area contributed by atoms with Gasteiger partial charge in [0, 0.05) is 29.6 Å². The van der Waals surface area contributed by atoms with Crippen LogP contribution in [0, 0.1) is 5.82 Å². The molecule has 0 bridgehead atoms. The van der Waals surface area contributed by atoms with Crippen molar-refractivity contribution in [2.24, 2.45) is 0 Å². The highest BCUT2D eigenvalue weighted by atomic mass is 79.9. The summed E-state index contributed by atoms with van der Waals surface area (Å²) in [5.74, 6) is 0.0144. The monoisotopic (exact) mass is 365 g/mol. The van der Waals surface area contributed by atoms with E-state index >= 15 is 0 Å². The van der Waals surface area contributed by atoms with Crippen LogP contribution in [0.15, 0.2) is 41.1 Å². The summed E-state index contributed by atoms with van der Waals surface area (Å²) in [5.41, 5.74) is 1.24. The fourth-order valence-electron chi connectivity index (χ4n) is 2.80. The second kappa shape index (κ2) is 6.71. The minimum atomic E-state index is -0.432. The van der Waals surface area contributed by atoms with Gasteiger partial charge >= 0.3 is 0 Å². The highest BCUT2D eigenvalue weighted by Gasteiger charge is 2.34. The van der Waals surface area contributed by atoms with Crippen molar-refractivity contribution in [3.63, 3.8) is 0 Å². The Bertz CT molecular complexity index is 630. The van der Waals surface area contributed by atoms with Gasteiger partial charge in [0.15, 0.2) is 5.82 Å². The molecule has 1 aromatic carbocycles. The topological polar surface area (TPSA) is 47.0 Å². The Labute approximate surface area is 137 Å². The largest absolute Gasteiger partial charge is 0.381 e. The fraction of sp³-hybridized carbons (Fsp3) is 0.375.